The number of carbonyl (C=O) groups excluding carboxylic acids is 3. The van der Waals surface area contributed by atoms with Gasteiger partial charge < -0.3 is 14.7 Å². The van der Waals surface area contributed by atoms with Gasteiger partial charge in [-0.1, -0.05) is 0 Å². The van der Waals surface area contributed by atoms with Gasteiger partial charge in [0.1, 0.15) is 6.54 Å². The smallest absolute Gasteiger partial charge is 0.325 e. The average molecular weight is 260 g/mol. The van der Waals surface area contributed by atoms with Crippen LogP contribution in [0.25, 0.3) is 0 Å². The molecule has 0 aliphatic carbocycles. The van der Waals surface area contributed by atoms with Crippen molar-refractivity contribution in [2.75, 3.05) is 20.2 Å². The molecule has 0 aromatic heterocycles. The molecule has 2 N–H and O–H groups in total. The molecule has 0 aliphatic rings. The Labute approximate surface area is 104 Å². The number of nitrogens with one attached hydrogen (secondary N) is 1. The summed E-state index contributed by atoms with van der Waals surface area (Å²) in [5, 5.41) is 10.4. The number of urea groups is 1. The van der Waals surface area contributed by atoms with E-state index in [1.54, 1.807) is 6.92 Å². The maximum absolute atomic E-state index is 11.5. The van der Waals surface area contributed by atoms with E-state index in [0.29, 0.717) is 0 Å². The van der Waals surface area contributed by atoms with Gasteiger partial charge in [-0.2, -0.15) is 0 Å². The lowest BCUT2D eigenvalue weighted by molar-refractivity contribution is -0.141. The van der Waals surface area contributed by atoms with Gasteiger partial charge in [-0.3, -0.25) is 19.7 Å². The first-order valence-corrected chi connectivity index (χ1v) is 5.28. The topological polar surface area (TPSA) is 113 Å². The van der Waals surface area contributed by atoms with Crippen LogP contribution < -0.4 is 5.32 Å². The van der Waals surface area contributed by atoms with Crippen molar-refractivity contribution in [3.05, 3.63) is 0 Å². The average Bonchev–Trinajstić information content (AvgIpc) is 2.32. The zero-order valence-corrected chi connectivity index (χ0v) is 10.3. The first-order valence-electron chi connectivity index (χ1n) is 5.28. The van der Waals surface area contributed by atoms with Crippen LogP contribution in [0, 0.1) is 0 Å². The number of likely N-dealkylation sites (N-methyl/N-ethyl adjacent to an activating group) is 1. The third-order valence-corrected chi connectivity index (χ3v) is 2.03. The Balaban J connectivity index is 4.22. The number of imide groups is 1. The van der Waals surface area contributed by atoms with Crippen molar-refractivity contribution in [3.63, 3.8) is 0 Å². The van der Waals surface area contributed by atoms with Crippen molar-refractivity contribution in [1.82, 2.24) is 10.2 Å². The predicted molar refractivity (Wildman–Crippen MR) is 59.7 cm³/mol. The molecule has 0 spiro atoms. The summed E-state index contributed by atoms with van der Waals surface area (Å²) in [6, 6.07) is -0.752. The highest BCUT2D eigenvalue weighted by atomic mass is 16.5. The van der Waals surface area contributed by atoms with Crippen LogP contribution in [0.1, 0.15) is 19.8 Å². The van der Waals surface area contributed by atoms with Crippen LogP contribution in [-0.4, -0.2) is 54.1 Å². The normalized spacial score (nSPS) is 9.44. The summed E-state index contributed by atoms with van der Waals surface area (Å²) in [7, 11) is 1.19. The molecule has 102 valence electrons. The van der Waals surface area contributed by atoms with E-state index in [9.17, 15) is 19.2 Å². The fourth-order valence-corrected chi connectivity index (χ4v) is 1.03. The van der Waals surface area contributed by atoms with Gasteiger partial charge in [-0.25, -0.2) is 4.79 Å². The van der Waals surface area contributed by atoms with Gasteiger partial charge in [0.05, 0.1) is 13.5 Å². The van der Waals surface area contributed by atoms with Crippen molar-refractivity contribution in [1.29, 1.82) is 0 Å². The van der Waals surface area contributed by atoms with E-state index >= 15 is 0 Å². The van der Waals surface area contributed by atoms with Crippen LogP contribution in [0.2, 0.25) is 0 Å². The Bertz CT molecular complexity index is 341. The van der Waals surface area contributed by atoms with Crippen LogP contribution >= 0.6 is 0 Å². The number of methoxy groups -OCH3 is 1. The summed E-state index contributed by atoms with van der Waals surface area (Å²) < 4.78 is 4.39. The highest BCUT2D eigenvalue weighted by Crippen LogP contribution is 1.93. The molecule has 0 aliphatic heterocycles. The second kappa shape index (κ2) is 8.04. The number of nitrogens with zero attached hydrogens (tertiary/aromatic N) is 1. The monoisotopic (exact) mass is 260 g/mol. The molecule has 0 atom stereocenters. The largest absolute Gasteiger partial charge is 0.481 e. The van der Waals surface area contributed by atoms with Gasteiger partial charge in [0.25, 0.3) is 0 Å². The molecule has 0 radical (unpaired) electrons. The summed E-state index contributed by atoms with van der Waals surface area (Å²) in [6.45, 7) is 1.57. The Kier molecular flexibility index (Phi) is 7.10. The van der Waals surface area contributed by atoms with E-state index in [1.807, 2.05) is 5.32 Å². The maximum Gasteiger partial charge on any atom is 0.325 e. The molecule has 0 bridgehead atoms. The molecule has 0 saturated heterocycles. The van der Waals surface area contributed by atoms with Crippen molar-refractivity contribution in [2.24, 2.45) is 0 Å². The Morgan fingerprint density at radius 1 is 1.22 bits per heavy atom. The maximum atomic E-state index is 11.5. The second-order valence-corrected chi connectivity index (χ2v) is 3.34. The van der Waals surface area contributed by atoms with E-state index in [0.717, 1.165) is 4.90 Å². The molecule has 0 saturated carbocycles. The van der Waals surface area contributed by atoms with Gasteiger partial charge in [0.2, 0.25) is 5.91 Å². The number of amides is 3. The Morgan fingerprint density at radius 2 is 1.83 bits per heavy atom. The van der Waals surface area contributed by atoms with E-state index in [4.69, 9.17) is 5.11 Å². The zero-order valence-electron chi connectivity index (χ0n) is 10.3. The van der Waals surface area contributed by atoms with E-state index in [2.05, 4.69) is 4.74 Å². The van der Waals surface area contributed by atoms with Crippen LogP contribution in [0.4, 0.5) is 4.79 Å². The van der Waals surface area contributed by atoms with Crippen molar-refractivity contribution in [3.8, 4) is 0 Å². The fourth-order valence-electron chi connectivity index (χ4n) is 1.03. The summed E-state index contributed by atoms with van der Waals surface area (Å²) >= 11 is 0. The van der Waals surface area contributed by atoms with Crippen molar-refractivity contribution >= 4 is 23.9 Å². The minimum absolute atomic E-state index is 0.215. The molecule has 0 aromatic rings. The van der Waals surface area contributed by atoms with Crippen LogP contribution in [0.3, 0.4) is 0 Å². The summed E-state index contributed by atoms with van der Waals surface area (Å²) in [6.07, 6.45) is -0.654. The molecule has 0 rings (SSSR count). The molecule has 0 heterocycles. The molecule has 8 nitrogen and oxygen atoms in total. The molecular weight excluding hydrogens is 244 g/mol. The summed E-state index contributed by atoms with van der Waals surface area (Å²) in [5.74, 6) is -2.43. The van der Waals surface area contributed by atoms with Gasteiger partial charge in [-0.15, -0.1) is 0 Å². The molecule has 18 heavy (non-hydrogen) atoms. The number of aliphatic carboxylic acids is 1. The van der Waals surface area contributed by atoms with Crippen LogP contribution in [0.5, 0.6) is 0 Å². The predicted octanol–water partition coefficient (Wildman–Crippen LogP) is -0.418. The molecule has 0 fully saturated rings. The number of carboxylic acid groups (broad SMARTS) is 1. The lowest BCUT2D eigenvalue weighted by Gasteiger charge is -2.19. The van der Waals surface area contributed by atoms with Crippen molar-refractivity contribution < 1.29 is 29.0 Å². The summed E-state index contributed by atoms with van der Waals surface area (Å²) in [4.78, 5) is 45.0. The minimum Gasteiger partial charge on any atom is -0.481 e. The van der Waals surface area contributed by atoms with Gasteiger partial charge in [0.15, 0.2) is 0 Å². The van der Waals surface area contributed by atoms with Crippen LogP contribution in [0.15, 0.2) is 0 Å². The quantitative estimate of drug-likeness (QED) is 0.627. The third-order valence-electron chi connectivity index (χ3n) is 2.03. The van der Waals surface area contributed by atoms with E-state index < -0.39 is 23.9 Å². The van der Waals surface area contributed by atoms with E-state index in [1.165, 1.54) is 7.11 Å². The number of hydrogen-bond acceptors (Lipinski definition) is 5. The molecule has 0 aromatic carbocycles. The first-order chi connectivity index (χ1) is 8.40. The Morgan fingerprint density at radius 3 is 2.28 bits per heavy atom. The number of hydrogen-bond donors (Lipinski definition) is 2. The fraction of sp³-hybridized carbons (Fsp3) is 0.600. The number of esters is 1. The van der Waals surface area contributed by atoms with E-state index in [-0.39, 0.29) is 25.9 Å². The third kappa shape index (κ3) is 6.46. The first kappa shape index (κ1) is 15.9. The molecule has 3 amide bonds. The molecular formula is C10H16N2O6. The number of ether oxygens (including phenoxy) is 1. The lowest BCUT2D eigenvalue weighted by Crippen LogP contribution is -2.45. The van der Waals surface area contributed by atoms with Crippen molar-refractivity contribution in [2.45, 2.75) is 19.8 Å². The molecule has 8 heteroatoms. The lowest BCUT2D eigenvalue weighted by atomic mass is 10.3. The minimum atomic E-state index is -1.13. The zero-order chi connectivity index (χ0) is 14.1. The SMILES string of the molecule is CCN(CC(=O)OC)C(=O)NC(=O)CCC(=O)O. The van der Waals surface area contributed by atoms with Gasteiger partial charge in [-0.05, 0) is 6.92 Å². The van der Waals surface area contributed by atoms with Crippen LogP contribution in [-0.2, 0) is 19.1 Å². The Hall–Kier alpha value is -2.12. The standard InChI is InChI=1S/C10H16N2O6/c1-3-12(6-9(16)18-2)10(17)11-7(13)4-5-8(14)15/h3-6H2,1-2H3,(H,14,15)(H,11,13,17). The number of rotatable bonds is 6. The summed E-state index contributed by atoms with van der Waals surface area (Å²) in [5.41, 5.74) is 0. The van der Waals surface area contributed by atoms with Gasteiger partial charge >= 0.3 is 18.0 Å². The number of carbonyl (C=O) groups is 4. The van der Waals surface area contributed by atoms with Gasteiger partial charge in [0, 0.05) is 13.0 Å². The second-order valence-electron chi connectivity index (χ2n) is 3.34. The highest BCUT2D eigenvalue weighted by molar-refractivity contribution is 5.96. The highest BCUT2D eigenvalue weighted by Gasteiger charge is 2.18. The molecule has 0 unspecified atom stereocenters. The number of carboxylic acids is 1.